The Bertz CT molecular complexity index is 546. The summed E-state index contributed by atoms with van der Waals surface area (Å²) in [5, 5.41) is 9.24. The van der Waals surface area contributed by atoms with Crippen LogP contribution in [0.2, 0.25) is 0 Å². The van der Waals surface area contributed by atoms with E-state index >= 15 is 0 Å². The first-order valence-corrected chi connectivity index (χ1v) is 11.5. The molecule has 2 aliphatic rings. The summed E-state index contributed by atoms with van der Waals surface area (Å²) in [5.41, 5.74) is 0. The highest BCUT2D eigenvalue weighted by atomic mass is 32.2. The summed E-state index contributed by atoms with van der Waals surface area (Å²) in [4.78, 5) is 13.2. The third-order valence-electron chi connectivity index (χ3n) is 5.78. The monoisotopic (exact) mass is 390 g/mol. The number of ether oxygens (including phenoxy) is 1. The third kappa shape index (κ3) is 6.18. The smallest absolute Gasteiger partial charge is 0.317 e. The molecule has 2 rings (SSSR count). The second-order valence-electron chi connectivity index (χ2n) is 7.57. The number of aliphatic carboxylic acids is 1. The van der Waals surface area contributed by atoms with Crippen LogP contribution in [0.4, 0.5) is 0 Å². The van der Waals surface area contributed by atoms with Crippen LogP contribution in [0.25, 0.3) is 0 Å². The molecule has 1 N–H and O–H groups in total. The Kier molecular flexibility index (Phi) is 8.32. The Morgan fingerprint density at radius 2 is 1.85 bits per heavy atom. The van der Waals surface area contributed by atoms with Crippen LogP contribution in [-0.2, 0) is 19.6 Å². The average molecular weight is 391 g/mol. The van der Waals surface area contributed by atoms with Gasteiger partial charge in [0.2, 0.25) is 10.0 Å². The Labute approximate surface area is 157 Å². The number of carbonyl (C=O) groups is 1. The van der Waals surface area contributed by atoms with Gasteiger partial charge in [-0.3, -0.25) is 9.69 Å². The standard InChI is InChI=1S/C18H34N2O5S/c1-3-26(23,24)20-10-8-16(9-11-20)19(14-18(21)22)12-13-25-17-7-5-4-6-15(17)2/h15-17H,3-14H2,1-2H3,(H,21,22)/t15-,17+/m0/s1. The van der Waals surface area contributed by atoms with Gasteiger partial charge in [-0.1, -0.05) is 19.8 Å². The minimum absolute atomic E-state index is 0.0191. The van der Waals surface area contributed by atoms with E-state index in [2.05, 4.69) is 6.92 Å². The maximum absolute atomic E-state index is 12.0. The summed E-state index contributed by atoms with van der Waals surface area (Å²) in [7, 11) is -3.16. The summed E-state index contributed by atoms with van der Waals surface area (Å²) < 4.78 is 31.5. The number of nitrogens with zero attached hydrogens (tertiary/aromatic N) is 2. The van der Waals surface area contributed by atoms with Crippen LogP contribution in [0, 0.1) is 5.92 Å². The van der Waals surface area contributed by atoms with Crippen LogP contribution in [0.15, 0.2) is 0 Å². The lowest BCUT2D eigenvalue weighted by atomic mass is 9.88. The molecule has 2 atom stereocenters. The molecule has 0 radical (unpaired) electrons. The number of piperidine rings is 1. The first kappa shape index (κ1) is 21.6. The van der Waals surface area contributed by atoms with Crippen molar-refractivity contribution in [3.63, 3.8) is 0 Å². The van der Waals surface area contributed by atoms with Gasteiger partial charge in [0.15, 0.2) is 0 Å². The molecule has 0 aromatic carbocycles. The zero-order valence-electron chi connectivity index (χ0n) is 16.1. The molecule has 0 amide bonds. The Morgan fingerprint density at radius 3 is 2.42 bits per heavy atom. The van der Waals surface area contributed by atoms with Crippen LogP contribution in [0.5, 0.6) is 0 Å². The van der Waals surface area contributed by atoms with E-state index in [1.54, 1.807) is 6.92 Å². The lowest BCUT2D eigenvalue weighted by molar-refractivity contribution is -0.139. The Hall–Kier alpha value is -0.700. The van der Waals surface area contributed by atoms with E-state index in [0.717, 1.165) is 6.42 Å². The molecular formula is C18H34N2O5S. The first-order chi connectivity index (χ1) is 12.3. The second kappa shape index (κ2) is 10.0. The number of hydrogen-bond acceptors (Lipinski definition) is 5. The van der Waals surface area contributed by atoms with Crippen LogP contribution in [0.1, 0.15) is 52.4 Å². The fourth-order valence-electron chi connectivity index (χ4n) is 4.08. The maximum Gasteiger partial charge on any atom is 0.317 e. The van der Waals surface area contributed by atoms with E-state index in [4.69, 9.17) is 4.74 Å². The minimum atomic E-state index is -3.16. The van der Waals surface area contributed by atoms with Crippen molar-refractivity contribution >= 4 is 16.0 Å². The summed E-state index contributed by atoms with van der Waals surface area (Å²) >= 11 is 0. The van der Waals surface area contributed by atoms with Gasteiger partial charge in [-0.25, -0.2) is 12.7 Å². The molecular weight excluding hydrogens is 356 g/mol. The summed E-state index contributed by atoms with van der Waals surface area (Å²) in [6.45, 7) is 5.92. The molecule has 1 heterocycles. The lowest BCUT2D eigenvalue weighted by Gasteiger charge is -2.37. The fourth-order valence-corrected chi connectivity index (χ4v) is 5.22. The first-order valence-electron chi connectivity index (χ1n) is 9.88. The topological polar surface area (TPSA) is 87.2 Å². The van der Waals surface area contributed by atoms with E-state index in [1.165, 1.54) is 23.6 Å². The molecule has 0 aromatic rings. The number of hydrogen-bond donors (Lipinski definition) is 1. The Balaban J connectivity index is 1.84. The van der Waals surface area contributed by atoms with Gasteiger partial charge in [0.1, 0.15) is 0 Å². The number of rotatable bonds is 9. The maximum atomic E-state index is 12.0. The highest BCUT2D eigenvalue weighted by molar-refractivity contribution is 7.89. The van der Waals surface area contributed by atoms with Crippen LogP contribution in [0.3, 0.4) is 0 Å². The number of carboxylic acid groups (broad SMARTS) is 1. The summed E-state index contributed by atoms with van der Waals surface area (Å²) in [6, 6.07) is 0.0989. The van der Waals surface area contributed by atoms with Gasteiger partial charge in [0.05, 0.1) is 25.0 Å². The molecule has 26 heavy (non-hydrogen) atoms. The van der Waals surface area contributed by atoms with Crippen molar-refractivity contribution in [1.82, 2.24) is 9.21 Å². The number of sulfonamides is 1. The third-order valence-corrected chi connectivity index (χ3v) is 7.66. The molecule has 2 fully saturated rings. The second-order valence-corrected chi connectivity index (χ2v) is 9.82. The molecule has 0 aromatic heterocycles. The quantitative estimate of drug-likeness (QED) is 0.646. The van der Waals surface area contributed by atoms with Gasteiger partial charge >= 0.3 is 5.97 Å². The normalized spacial score (nSPS) is 26.3. The molecule has 152 valence electrons. The summed E-state index contributed by atoms with van der Waals surface area (Å²) in [5.74, 6) is -0.164. The van der Waals surface area contributed by atoms with Crippen molar-refractivity contribution in [2.45, 2.75) is 64.5 Å². The van der Waals surface area contributed by atoms with Crippen LogP contribution in [-0.4, -0.2) is 79.4 Å². The van der Waals surface area contributed by atoms with E-state index in [0.29, 0.717) is 45.0 Å². The van der Waals surface area contributed by atoms with E-state index in [-0.39, 0.29) is 24.4 Å². The molecule has 0 unspecified atom stereocenters. The van der Waals surface area contributed by atoms with Gasteiger partial charge in [-0.05, 0) is 38.5 Å². The van der Waals surface area contributed by atoms with Crippen molar-refractivity contribution in [2.75, 3.05) is 38.5 Å². The van der Waals surface area contributed by atoms with Gasteiger partial charge < -0.3 is 9.84 Å². The van der Waals surface area contributed by atoms with E-state index < -0.39 is 16.0 Å². The predicted molar refractivity (Wildman–Crippen MR) is 101 cm³/mol. The SMILES string of the molecule is CCS(=O)(=O)N1CCC(N(CCO[C@@H]2CCCC[C@@H]2C)CC(=O)O)CC1. The minimum Gasteiger partial charge on any atom is -0.480 e. The van der Waals surface area contributed by atoms with Gasteiger partial charge in [0, 0.05) is 25.7 Å². The molecule has 0 spiro atoms. The average Bonchev–Trinajstić information content (AvgIpc) is 2.62. The molecule has 8 heteroatoms. The number of carboxylic acids is 1. The van der Waals surface area contributed by atoms with Crippen molar-refractivity contribution in [3.8, 4) is 0 Å². The molecule has 1 aliphatic heterocycles. The van der Waals surface area contributed by atoms with Crippen molar-refractivity contribution in [2.24, 2.45) is 5.92 Å². The Morgan fingerprint density at radius 1 is 1.19 bits per heavy atom. The van der Waals surface area contributed by atoms with E-state index in [9.17, 15) is 18.3 Å². The molecule has 0 bridgehead atoms. The summed E-state index contributed by atoms with van der Waals surface area (Å²) in [6.07, 6.45) is 6.40. The van der Waals surface area contributed by atoms with Crippen LogP contribution < -0.4 is 0 Å². The largest absolute Gasteiger partial charge is 0.480 e. The zero-order valence-corrected chi connectivity index (χ0v) is 16.9. The molecule has 7 nitrogen and oxygen atoms in total. The molecule has 1 aliphatic carbocycles. The molecule has 1 saturated heterocycles. The van der Waals surface area contributed by atoms with Crippen molar-refractivity contribution in [3.05, 3.63) is 0 Å². The molecule has 1 saturated carbocycles. The van der Waals surface area contributed by atoms with E-state index in [1.807, 2.05) is 4.90 Å². The predicted octanol–water partition coefficient (Wildman–Crippen LogP) is 1.78. The lowest BCUT2D eigenvalue weighted by Crippen LogP contribution is -2.49. The van der Waals surface area contributed by atoms with Crippen molar-refractivity contribution in [1.29, 1.82) is 0 Å². The highest BCUT2D eigenvalue weighted by Gasteiger charge is 2.30. The van der Waals surface area contributed by atoms with Gasteiger partial charge in [-0.15, -0.1) is 0 Å². The highest BCUT2D eigenvalue weighted by Crippen LogP contribution is 2.26. The fraction of sp³-hybridized carbons (Fsp3) is 0.944. The van der Waals surface area contributed by atoms with Gasteiger partial charge in [0.25, 0.3) is 0 Å². The van der Waals surface area contributed by atoms with Crippen LogP contribution >= 0.6 is 0 Å². The van der Waals surface area contributed by atoms with Gasteiger partial charge in [-0.2, -0.15) is 0 Å². The zero-order chi connectivity index (χ0) is 19.2. The van der Waals surface area contributed by atoms with Crippen molar-refractivity contribution < 1.29 is 23.1 Å².